The van der Waals surface area contributed by atoms with Gasteiger partial charge in [0.1, 0.15) is 5.03 Å². The fourth-order valence-corrected chi connectivity index (χ4v) is 3.18. The number of alkyl halides is 3. The Morgan fingerprint density at radius 1 is 0.926 bits per heavy atom. The van der Waals surface area contributed by atoms with Crippen molar-refractivity contribution in [3.05, 3.63) is 84.1 Å². The first-order chi connectivity index (χ1) is 12.9. The molecule has 0 saturated heterocycles. The molecule has 3 aromatic rings. The van der Waals surface area contributed by atoms with E-state index in [1.165, 1.54) is 30.0 Å². The summed E-state index contributed by atoms with van der Waals surface area (Å²) < 4.78 is 39.1. The molecule has 0 aliphatic rings. The zero-order valence-electron chi connectivity index (χ0n) is 13.8. The van der Waals surface area contributed by atoms with Gasteiger partial charge in [-0.05, 0) is 36.4 Å². The van der Waals surface area contributed by atoms with E-state index in [2.05, 4.69) is 15.8 Å². The topological polar surface area (TPSA) is 54.0 Å². The van der Waals surface area contributed by atoms with Crippen LogP contribution in [0.15, 0.2) is 82.8 Å². The summed E-state index contributed by atoms with van der Waals surface area (Å²) >= 11 is 1.29. The van der Waals surface area contributed by atoms with Gasteiger partial charge in [-0.25, -0.2) is 4.98 Å². The molecule has 0 aliphatic carbocycles. The second-order valence-electron chi connectivity index (χ2n) is 5.39. The van der Waals surface area contributed by atoms with Crippen molar-refractivity contribution in [2.45, 2.75) is 16.1 Å². The first-order valence-corrected chi connectivity index (χ1v) is 8.67. The summed E-state index contributed by atoms with van der Waals surface area (Å²) in [6.07, 6.45) is -2.98. The monoisotopic (exact) mass is 389 g/mol. The van der Waals surface area contributed by atoms with Crippen molar-refractivity contribution >= 4 is 23.4 Å². The molecule has 0 aliphatic heterocycles. The summed E-state index contributed by atoms with van der Waals surface area (Å²) in [4.78, 5) is 17.6. The first kappa shape index (κ1) is 18.8. The maximum Gasteiger partial charge on any atom is 0.418 e. The number of hydrogen-bond donors (Lipinski definition) is 2. The Balaban J connectivity index is 1.77. The average molecular weight is 389 g/mol. The maximum absolute atomic E-state index is 13.0. The fraction of sp³-hybridized carbons (Fsp3) is 0.0526. The van der Waals surface area contributed by atoms with E-state index in [1.54, 1.807) is 18.3 Å². The number of rotatable bonds is 5. The first-order valence-electron chi connectivity index (χ1n) is 7.85. The van der Waals surface area contributed by atoms with Gasteiger partial charge >= 0.3 is 6.18 Å². The van der Waals surface area contributed by atoms with E-state index in [9.17, 15) is 18.0 Å². The lowest BCUT2D eigenvalue weighted by Gasteiger charge is -2.15. The lowest BCUT2D eigenvalue weighted by molar-refractivity contribution is -0.137. The third-order valence-electron chi connectivity index (χ3n) is 3.52. The second-order valence-corrected chi connectivity index (χ2v) is 6.46. The SMILES string of the molecule is O=C(NNc1ccccc1C(F)(F)F)c1cccnc1Sc1ccccc1. The largest absolute Gasteiger partial charge is 0.418 e. The molecule has 1 aromatic heterocycles. The quantitative estimate of drug-likeness (QED) is 0.603. The molecule has 4 nitrogen and oxygen atoms in total. The predicted molar refractivity (Wildman–Crippen MR) is 97.3 cm³/mol. The number of aromatic nitrogens is 1. The Hall–Kier alpha value is -3.00. The summed E-state index contributed by atoms with van der Waals surface area (Å²) in [7, 11) is 0. The van der Waals surface area contributed by atoms with Crippen molar-refractivity contribution in [2.24, 2.45) is 0 Å². The lowest BCUT2D eigenvalue weighted by atomic mass is 10.2. The van der Waals surface area contributed by atoms with Gasteiger partial charge in [0, 0.05) is 11.1 Å². The number of hydrogen-bond acceptors (Lipinski definition) is 4. The summed E-state index contributed by atoms with van der Waals surface area (Å²) in [6.45, 7) is 0. The van der Waals surface area contributed by atoms with E-state index in [0.29, 0.717) is 5.03 Å². The normalized spacial score (nSPS) is 11.1. The standard InChI is InChI=1S/C19H14F3N3OS/c20-19(21,22)15-10-4-5-11-16(15)24-25-17(26)14-9-6-12-23-18(14)27-13-7-2-1-3-8-13/h1-12,24H,(H,25,26). The number of carbonyl (C=O) groups excluding carboxylic acids is 1. The van der Waals surface area contributed by atoms with Crippen molar-refractivity contribution in [3.63, 3.8) is 0 Å². The maximum atomic E-state index is 13.0. The molecule has 0 radical (unpaired) electrons. The van der Waals surface area contributed by atoms with Crippen LogP contribution in [0.25, 0.3) is 0 Å². The zero-order chi connectivity index (χ0) is 19.3. The number of pyridine rings is 1. The number of halogens is 3. The van der Waals surface area contributed by atoms with Gasteiger partial charge in [-0.1, -0.05) is 42.1 Å². The molecule has 0 spiro atoms. The molecule has 0 fully saturated rings. The Morgan fingerprint density at radius 2 is 1.63 bits per heavy atom. The van der Waals surface area contributed by atoms with E-state index >= 15 is 0 Å². The summed E-state index contributed by atoms with van der Waals surface area (Å²) in [5, 5.41) is 0.451. The number of hydrazine groups is 1. The number of benzene rings is 2. The van der Waals surface area contributed by atoms with Crippen LogP contribution in [0.1, 0.15) is 15.9 Å². The molecule has 27 heavy (non-hydrogen) atoms. The van der Waals surface area contributed by atoms with Crippen LogP contribution in [-0.2, 0) is 6.18 Å². The van der Waals surface area contributed by atoms with E-state index < -0.39 is 17.6 Å². The van der Waals surface area contributed by atoms with E-state index in [0.717, 1.165) is 11.0 Å². The van der Waals surface area contributed by atoms with Crippen LogP contribution >= 0.6 is 11.8 Å². The number of nitrogens with one attached hydrogen (secondary N) is 2. The van der Waals surface area contributed by atoms with E-state index in [1.807, 2.05) is 30.3 Å². The summed E-state index contributed by atoms with van der Waals surface area (Å²) in [5.41, 5.74) is 3.82. The molecule has 3 rings (SSSR count). The van der Waals surface area contributed by atoms with E-state index in [-0.39, 0.29) is 11.3 Å². The molecule has 0 atom stereocenters. The number of carbonyl (C=O) groups is 1. The highest BCUT2D eigenvalue weighted by atomic mass is 32.2. The predicted octanol–water partition coefficient (Wildman–Crippen LogP) is 5.01. The van der Waals surface area contributed by atoms with Crippen molar-refractivity contribution in [1.29, 1.82) is 0 Å². The van der Waals surface area contributed by atoms with Crippen molar-refractivity contribution in [1.82, 2.24) is 10.4 Å². The van der Waals surface area contributed by atoms with Crippen LogP contribution in [0.4, 0.5) is 18.9 Å². The van der Waals surface area contributed by atoms with E-state index in [4.69, 9.17) is 0 Å². The molecule has 0 unspecified atom stereocenters. The lowest BCUT2D eigenvalue weighted by Crippen LogP contribution is -2.31. The third kappa shape index (κ3) is 4.79. The highest BCUT2D eigenvalue weighted by molar-refractivity contribution is 7.99. The molecule has 8 heteroatoms. The Bertz CT molecular complexity index is 933. The smallest absolute Gasteiger partial charge is 0.298 e. The fourth-order valence-electron chi connectivity index (χ4n) is 2.28. The molecule has 138 valence electrons. The van der Waals surface area contributed by atoms with Crippen LogP contribution in [0.5, 0.6) is 0 Å². The van der Waals surface area contributed by atoms with Crippen LogP contribution in [-0.4, -0.2) is 10.9 Å². The molecule has 2 aromatic carbocycles. The Kier molecular flexibility index (Phi) is 5.66. The molecule has 1 amide bonds. The highest BCUT2D eigenvalue weighted by Gasteiger charge is 2.33. The minimum Gasteiger partial charge on any atom is -0.298 e. The highest BCUT2D eigenvalue weighted by Crippen LogP contribution is 2.34. The van der Waals surface area contributed by atoms with Gasteiger partial charge in [0.25, 0.3) is 5.91 Å². The van der Waals surface area contributed by atoms with Crippen LogP contribution < -0.4 is 10.9 Å². The van der Waals surface area contributed by atoms with Gasteiger partial charge < -0.3 is 0 Å². The van der Waals surface area contributed by atoms with Crippen molar-refractivity contribution < 1.29 is 18.0 Å². The number of amides is 1. The average Bonchev–Trinajstić information content (AvgIpc) is 2.67. The van der Waals surface area contributed by atoms with Gasteiger partial charge in [-0.2, -0.15) is 13.2 Å². The zero-order valence-corrected chi connectivity index (χ0v) is 14.6. The Morgan fingerprint density at radius 3 is 2.37 bits per heavy atom. The minimum atomic E-state index is -4.53. The van der Waals surface area contributed by atoms with Crippen molar-refractivity contribution in [2.75, 3.05) is 5.43 Å². The van der Waals surface area contributed by atoms with Gasteiger partial charge in [0.2, 0.25) is 0 Å². The summed E-state index contributed by atoms with van der Waals surface area (Å²) in [6, 6.07) is 17.4. The molecule has 0 bridgehead atoms. The molecule has 1 heterocycles. The number of para-hydroxylation sites is 1. The van der Waals surface area contributed by atoms with Crippen LogP contribution in [0.3, 0.4) is 0 Å². The van der Waals surface area contributed by atoms with Gasteiger partial charge in [0.15, 0.2) is 0 Å². The summed E-state index contributed by atoms with van der Waals surface area (Å²) in [5.74, 6) is -0.585. The van der Waals surface area contributed by atoms with Crippen molar-refractivity contribution in [3.8, 4) is 0 Å². The molecular formula is C19H14F3N3OS. The van der Waals surface area contributed by atoms with Crippen LogP contribution in [0.2, 0.25) is 0 Å². The third-order valence-corrected chi connectivity index (χ3v) is 4.54. The number of nitrogens with zero attached hydrogens (tertiary/aromatic N) is 1. The van der Waals surface area contributed by atoms with Crippen LogP contribution in [0, 0.1) is 0 Å². The second kappa shape index (κ2) is 8.13. The molecule has 2 N–H and O–H groups in total. The molecule has 0 saturated carbocycles. The minimum absolute atomic E-state index is 0.237. The number of anilines is 1. The molecular weight excluding hydrogens is 375 g/mol. The van der Waals surface area contributed by atoms with Gasteiger partial charge in [0.05, 0.1) is 16.8 Å². The van der Waals surface area contributed by atoms with Gasteiger partial charge in [-0.15, -0.1) is 0 Å². The van der Waals surface area contributed by atoms with Gasteiger partial charge in [-0.3, -0.25) is 15.6 Å². The Labute approximate surface area is 157 Å².